The van der Waals surface area contributed by atoms with Crippen molar-refractivity contribution in [2.24, 2.45) is 0 Å². The third-order valence-corrected chi connectivity index (χ3v) is 3.77. The molecule has 0 saturated carbocycles. The first kappa shape index (κ1) is 15.3. The Balaban J connectivity index is 1.71. The summed E-state index contributed by atoms with van der Waals surface area (Å²) in [7, 11) is 0. The van der Waals surface area contributed by atoms with Gasteiger partial charge in [0.15, 0.2) is 0 Å². The van der Waals surface area contributed by atoms with Crippen molar-refractivity contribution in [1.82, 2.24) is 24.5 Å². The maximum absolute atomic E-state index is 5.51. The molecule has 0 amide bonds. The first-order valence-corrected chi connectivity index (χ1v) is 8.16. The van der Waals surface area contributed by atoms with Crippen LogP contribution < -0.4 is 4.74 Å². The van der Waals surface area contributed by atoms with E-state index in [4.69, 9.17) is 9.15 Å². The molecule has 0 radical (unpaired) electrons. The maximum atomic E-state index is 5.51. The summed E-state index contributed by atoms with van der Waals surface area (Å²) in [6, 6.07) is 12.0. The third kappa shape index (κ3) is 3.21. The summed E-state index contributed by atoms with van der Waals surface area (Å²) < 4.78 is 12.7. The Morgan fingerprint density at radius 3 is 2.80 bits per heavy atom. The third-order valence-electron chi connectivity index (χ3n) is 3.77. The molecule has 4 aromatic rings. The lowest BCUT2D eigenvalue weighted by molar-refractivity contribution is 0.309. The van der Waals surface area contributed by atoms with Crippen molar-refractivity contribution in [3.8, 4) is 12.0 Å². The highest BCUT2D eigenvalue weighted by atomic mass is 16.5. The number of aryl methyl sites for hydroxylation is 2. The van der Waals surface area contributed by atoms with Crippen LogP contribution in [0.2, 0.25) is 0 Å². The highest BCUT2D eigenvalue weighted by Crippen LogP contribution is 2.17. The average molecular weight is 335 g/mol. The Hall–Kier alpha value is -3.22. The van der Waals surface area contributed by atoms with Gasteiger partial charge in [-0.15, -0.1) is 0 Å². The molecule has 0 unspecified atom stereocenters. The summed E-state index contributed by atoms with van der Waals surface area (Å²) in [6.45, 7) is 2.39. The van der Waals surface area contributed by atoms with Crippen molar-refractivity contribution in [1.29, 1.82) is 0 Å². The first-order chi connectivity index (χ1) is 12.3. The number of hydrogen-bond acceptors (Lipinski definition) is 6. The second-order valence-corrected chi connectivity index (χ2v) is 5.45. The molecule has 7 nitrogen and oxygen atoms in total. The van der Waals surface area contributed by atoms with E-state index >= 15 is 0 Å². The van der Waals surface area contributed by atoms with Crippen LogP contribution in [-0.2, 0) is 12.8 Å². The molecule has 0 saturated heterocycles. The van der Waals surface area contributed by atoms with Gasteiger partial charge in [0, 0.05) is 12.8 Å². The van der Waals surface area contributed by atoms with Crippen molar-refractivity contribution in [3.63, 3.8) is 0 Å². The topological polar surface area (TPSA) is 78.9 Å². The second kappa shape index (κ2) is 6.72. The summed E-state index contributed by atoms with van der Waals surface area (Å²) in [5.74, 6) is 2.05. The molecule has 7 heteroatoms. The molecule has 3 aromatic heterocycles. The van der Waals surface area contributed by atoms with E-state index in [1.54, 1.807) is 12.6 Å². The minimum atomic E-state index is 0.319. The largest absolute Gasteiger partial charge is 0.469 e. The van der Waals surface area contributed by atoms with Crippen LogP contribution in [0.15, 0.2) is 53.4 Å². The van der Waals surface area contributed by atoms with Gasteiger partial charge >= 0.3 is 6.01 Å². The number of nitrogens with zero attached hydrogens (tertiary/aromatic N) is 5. The van der Waals surface area contributed by atoms with Gasteiger partial charge in [0.05, 0.1) is 23.9 Å². The fraction of sp³-hybridized carbons (Fsp3) is 0.222. The van der Waals surface area contributed by atoms with Gasteiger partial charge in [-0.1, -0.05) is 12.1 Å². The van der Waals surface area contributed by atoms with Crippen molar-refractivity contribution >= 4 is 11.0 Å². The van der Waals surface area contributed by atoms with Crippen LogP contribution in [0.4, 0.5) is 0 Å². The molecule has 0 aliphatic carbocycles. The molecule has 0 aliphatic heterocycles. The van der Waals surface area contributed by atoms with Gasteiger partial charge in [-0.3, -0.25) is 4.57 Å². The number of aromatic nitrogens is 5. The van der Waals surface area contributed by atoms with E-state index in [0.29, 0.717) is 37.2 Å². The Kier molecular flexibility index (Phi) is 4.12. The number of rotatable bonds is 6. The van der Waals surface area contributed by atoms with Crippen LogP contribution in [0.5, 0.6) is 6.01 Å². The minimum absolute atomic E-state index is 0.319. The minimum Gasteiger partial charge on any atom is -0.469 e. The normalized spacial score (nSPS) is 11.1. The van der Waals surface area contributed by atoms with Gasteiger partial charge in [-0.25, -0.2) is 4.98 Å². The van der Waals surface area contributed by atoms with Gasteiger partial charge in [0.25, 0.3) is 0 Å². The van der Waals surface area contributed by atoms with Crippen LogP contribution >= 0.6 is 0 Å². The summed E-state index contributed by atoms with van der Waals surface area (Å²) in [4.78, 5) is 17.8. The van der Waals surface area contributed by atoms with Crippen molar-refractivity contribution in [3.05, 3.63) is 60.6 Å². The molecule has 4 rings (SSSR count). The van der Waals surface area contributed by atoms with Crippen molar-refractivity contribution in [2.75, 3.05) is 6.61 Å². The molecule has 1 aromatic carbocycles. The molecule has 0 atom stereocenters. The molecule has 0 spiro atoms. The standard InChI is InChI=1S/C18H17N5O2/c1-2-24-18-21-16(10-9-13-6-5-11-25-13)20-17(22-18)23-12-19-14-7-3-4-8-15(14)23/h3-8,11-12H,2,9-10H2,1H3. The van der Waals surface area contributed by atoms with Crippen molar-refractivity contribution < 1.29 is 9.15 Å². The van der Waals surface area contributed by atoms with Crippen LogP contribution in [-0.4, -0.2) is 31.1 Å². The average Bonchev–Trinajstić information content (AvgIpc) is 3.30. The lowest BCUT2D eigenvalue weighted by Crippen LogP contribution is -2.09. The van der Waals surface area contributed by atoms with Gasteiger partial charge in [0.1, 0.15) is 17.9 Å². The number of ether oxygens (including phenoxy) is 1. The highest BCUT2D eigenvalue weighted by Gasteiger charge is 2.12. The number of para-hydroxylation sites is 2. The molecule has 0 N–H and O–H groups in total. The Morgan fingerprint density at radius 2 is 1.96 bits per heavy atom. The molecule has 126 valence electrons. The monoisotopic (exact) mass is 335 g/mol. The molecular formula is C18H17N5O2. The van der Waals surface area contributed by atoms with E-state index in [1.807, 2.05) is 47.9 Å². The van der Waals surface area contributed by atoms with E-state index in [-0.39, 0.29) is 0 Å². The van der Waals surface area contributed by atoms with E-state index in [9.17, 15) is 0 Å². The highest BCUT2D eigenvalue weighted by molar-refractivity contribution is 5.76. The summed E-state index contributed by atoms with van der Waals surface area (Å²) >= 11 is 0. The zero-order valence-electron chi connectivity index (χ0n) is 13.8. The van der Waals surface area contributed by atoms with E-state index in [0.717, 1.165) is 16.8 Å². The predicted octanol–water partition coefficient (Wildman–Crippen LogP) is 2.99. The van der Waals surface area contributed by atoms with Gasteiger partial charge in [-0.05, 0) is 31.2 Å². The van der Waals surface area contributed by atoms with Crippen LogP contribution in [0.25, 0.3) is 17.0 Å². The van der Waals surface area contributed by atoms with Crippen LogP contribution in [0, 0.1) is 0 Å². The number of imidazole rings is 1. The number of hydrogen-bond donors (Lipinski definition) is 0. The quantitative estimate of drug-likeness (QED) is 0.539. The first-order valence-electron chi connectivity index (χ1n) is 8.16. The number of furan rings is 1. The predicted molar refractivity (Wildman–Crippen MR) is 91.7 cm³/mol. The van der Waals surface area contributed by atoms with Crippen molar-refractivity contribution in [2.45, 2.75) is 19.8 Å². The van der Waals surface area contributed by atoms with E-state index < -0.39 is 0 Å². The number of fused-ring (bicyclic) bond motifs is 1. The van der Waals surface area contributed by atoms with Gasteiger partial charge < -0.3 is 9.15 Å². The summed E-state index contributed by atoms with van der Waals surface area (Å²) in [5.41, 5.74) is 1.83. The van der Waals surface area contributed by atoms with Crippen LogP contribution in [0.1, 0.15) is 18.5 Å². The zero-order chi connectivity index (χ0) is 17.1. The lowest BCUT2D eigenvalue weighted by Gasteiger charge is -2.08. The SMILES string of the molecule is CCOc1nc(CCc2ccco2)nc(-n2cnc3ccccc32)n1. The molecule has 0 aliphatic rings. The smallest absolute Gasteiger partial charge is 0.321 e. The zero-order valence-corrected chi connectivity index (χ0v) is 13.8. The second-order valence-electron chi connectivity index (χ2n) is 5.45. The lowest BCUT2D eigenvalue weighted by atomic mass is 10.2. The Morgan fingerprint density at radius 1 is 1.04 bits per heavy atom. The molecule has 0 fully saturated rings. The summed E-state index contributed by atoms with van der Waals surface area (Å²) in [5, 5.41) is 0. The fourth-order valence-corrected chi connectivity index (χ4v) is 2.61. The van der Waals surface area contributed by atoms with Gasteiger partial charge in [-0.2, -0.15) is 15.0 Å². The number of benzene rings is 1. The Bertz CT molecular complexity index is 978. The molecular weight excluding hydrogens is 318 g/mol. The Labute approximate surface area is 144 Å². The van der Waals surface area contributed by atoms with Gasteiger partial charge in [0.2, 0.25) is 5.95 Å². The summed E-state index contributed by atoms with van der Waals surface area (Å²) in [6.07, 6.45) is 4.73. The van der Waals surface area contributed by atoms with E-state index in [1.165, 1.54) is 0 Å². The van der Waals surface area contributed by atoms with E-state index in [2.05, 4.69) is 19.9 Å². The van der Waals surface area contributed by atoms with Crippen LogP contribution in [0.3, 0.4) is 0 Å². The molecule has 0 bridgehead atoms. The molecule has 25 heavy (non-hydrogen) atoms. The maximum Gasteiger partial charge on any atom is 0.321 e. The fourth-order valence-electron chi connectivity index (χ4n) is 2.61. The molecule has 3 heterocycles.